The minimum absolute atomic E-state index is 0.287. The topological polar surface area (TPSA) is 76.2 Å². The monoisotopic (exact) mass is 498 g/mol. The summed E-state index contributed by atoms with van der Waals surface area (Å²) in [4.78, 5) is 44.8. The van der Waals surface area contributed by atoms with Gasteiger partial charge in [-0.25, -0.2) is 9.29 Å². The summed E-state index contributed by atoms with van der Waals surface area (Å²) in [6.45, 7) is 0. The molecule has 2 saturated heterocycles. The predicted molar refractivity (Wildman–Crippen MR) is 135 cm³/mol. The number of benzene rings is 3. The summed E-state index contributed by atoms with van der Waals surface area (Å²) in [5, 5.41) is 0. The highest BCUT2D eigenvalue weighted by molar-refractivity contribution is 6.25. The molecule has 186 valence electrons. The molecule has 8 heteroatoms. The summed E-state index contributed by atoms with van der Waals surface area (Å²) >= 11 is 0. The van der Waals surface area contributed by atoms with Gasteiger partial charge in [0.25, 0.3) is 0 Å². The lowest BCUT2D eigenvalue weighted by atomic mass is 9.86. The average molecular weight is 499 g/mol. The fourth-order valence-corrected chi connectivity index (χ4v) is 5.82. The maximum Gasteiger partial charge on any atom is 0.240 e. The Morgan fingerprint density at radius 2 is 1.57 bits per heavy atom. The highest BCUT2D eigenvalue weighted by atomic mass is 19.1. The third kappa shape index (κ3) is 3.36. The van der Waals surface area contributed by atoms with Crippen molar-refractivity contribution in [1.29, 1.82) is 0 Å². The molecule has 0 bridgehead atoms. The van der Waals surface area contributed by atoms with Crippen LogP contribution in [0.5, 0.6) is 11.5 Å². The molecule has 37 heavy (non-hydrogen) atoms. The molecule has 2 amide bonds. The van der Waals surface area contributed by atoms with E-state index in [2.05, 4.69) is 0 Å². The van der Waals surface area contributed by atoms with Crippen LogP contribution in [-0.2, 0) is 9.59 Å². The lowest BCUT2D eigenvalue weighted by molar-refractivity contribution is -0.122. The van der Waals surface area contributed by atoms with Crippen LogP contribution in [-0.4, -0.2) is 43.9 Å². The zero-order valence-electron chi connectivity index (χ0n) is 20.1. The van der Waals surface area contributed by atoms with Gasteiger partial charge in [-0.1, -0.05) is 30.4 Å². The quantitative estimate of drug-likeness (QED) is 0.389. The second-order valence-electron chi connectivity index (χ2n) is 9.23. The molecule has 3 heterocycles. The number of rotatable bonds is 5. The summed E-state index contributed by atoms with van der Waals surface area (Å²) in [5.41, 5.74) is 2.32. The van der Waals surface area contributed by atoms with Gasteiger partial charge in [0.1, 0.15) is 11.9 Å². The van der Waals surface area contributed by atoms with E-state index in [-0.39, 0.29) is 11.5 Å². The van der Waals surface area contributed by atoms with Crippen LogP contribution >= 0.6 is 0 Å². The normalized spacial score (nSPS) is 23.5. The number of fused-ring (bicyclic) bond motifs is 5. The van der Waals surface area contributed by atoms with Crippen molar-refractivity contribution in [2.24, 2.45) is 11.8 Å². The van der Waals surface area contributed by atoms with Crippen molar-refractivity contribution in [2.45, 2.75) is 12.1 Å². The number of Topliss-reactive ketones (excluding diaryl/α,β-unsaturated/α-hetero) is 1. The van der Waals surface area contributed by atoms with Crippen molar-refractivity contribution in [2.75, 3.05) is 24.0 Å². The third-order valence-electron chi connectivity index (χ3n) is 7.44. The average Bonchev–Trinajstić information content (AvgIpc) is 3.41. The molecule has 0 radical (unpaired) electrons. The first-order valence-corrected chi connectivity index (χ1v) is 11.9. The Hall–Kier alpha value is -4.46. The highest BCUT2D eigenvalue weighted by Crippen LogP contribution is 2.50. The van der Waals surface area contributed by atoms with Crippen molar-refractivity contribution in [1.82, 2.24) is 0 Å². The minimum Gasteiger partial charge on any atom is -0.493 e. The van der Waals surface area contributed by atoms with Crippen molar-refractivity contribution in [3.8, 4) is 11.5 Å². The molecule has 0 spiro atoms. The molecule has 3 aliphatic heterocycles. The molecule has 4 atom stereocenters. The highest BCUT2D eigenvalue weighted by Gasteiger charge is 2.64. The molecule has 2 fully saturated rings. The number of ketones is 1. The van der Waals surface area contributed by atoms with Crippen LogP contribution in [0.3, 0.4) is 0 Å². The summed E-state index contributed by atoms with van der Waals surface area (Å²) in [5.74, 6) is -2.46. The van der Waals surface area contributed by atoms with Crippen LogP contribution in [0.15, 0.2) is 72.8 Å². The Morgan fingerprint density at radius 1 is 0.865 bits per heavy atom. The standard InChI is InChI=1S/C29H23FN2O5/c1-36-22-14-8-17(15-23(22)37-2)27(33)26-25-24(21-13-7-16-5-3-4-6-20(16)32(21)26)28(34)31(29(25)35)19-11-9-18(30)10-12-19/h3-15,21,24-26H,1-2H3/t21-,24-,25-,26+/m1/s1. The Labute approximate surface area is 212 Å². The first-order valence-electron chi connectivity index (χ1n) is 11.9. The maximum absolute atomic E-state index is 14.2. The number of ether oxygens (including phenoxy) is 2. The van der Waals surface area contributed by atoms with Crippen LogP contribution in [0.2, 0.25) is 0 Å². The van der Waals surface area contributed by atoms with E-state index in [1.165, 1.54) is 38.5 Å². The largest absolute Gasteiger partial charge is 0.493 e. The number of carbonyl (C=O) groups excluding carboxylic acids is 3. The van der Waals surface area contributed by atoms with E-state index in [9.17, 15) is 18.8 Å². The van der Waals surface area contributed by atoms with E-state index in [0.29, 0.717) is 17.1 Å². The number of anilines is 2. The summed E-state index contributed by atoms with van der Waals surface area (Å²) in [6.07, 6.45) is 3.82. The maximum atomic E-state index is 14.2. The Morgan fingerprint density at radius 3 is 2.30 bits per heavy atom. The van der Waals surface area contributed by atoms with Crippen molar-refractivity contribution in [3.63, 3.8) is 0 Å². The molecular weight excluding hydrogens is 475 g/mol. The number of methoxy groups -OCH3 is 2. The van der Waals surface area contributed by atoms with Gasteiger partial charge in [0, 0.05) is 11.3 Å². The lowest BCUT2D eigenvalue weighted by Gasteiger charge is -2.36. The fraction of sp³-hybridized carbons (Fsp3) is 0.207. The first kappa shape index (κ1) is 23.0. The van der Waals surface area contributed by atoms with Crippen LogP contribution in [0.4, 0.5) is 15.8 Å². The van der Waals surface area contributed by atoms with E-state index in [0.717, 1.165) is 16.2 Å². The number of halogens is 1. The molecule has 0 aromatic heterocycles. The van der Waals surface area contributed by atoms with Gasteiger partial charge in [0.15, 0.2) is 17.3 Å². The van der Waals surface area contributed by atoms with Crippen molar-refractivity contribution < 1.29 is 28.2 Å². The molecule has 0 aliphatic carbocycles. The number of hydrogen-bond donors (Lipinski definition) is 0. The lowest BCUT2D eigenvalue weighted by Crippen LogP contribution is -2.48. The van der Waals surface area contributed by atoms with Crippen LogP contribution in [0.25, 0.3) is 6.08 Å². The number of hydrogen-bond acceptors (Lipinski definition) is 6. The third-order valence-corrected chi connectivity index (χ3v) is 7.44. The SMILES string of the molecule is COc1ccc(C(=O)[C@@H]2[C@@H]3C(=O)N(c4ccc(F)cc4)C(=O)[C@@H]3[C@H]3C=Cc4ccccc4N32)cc1OC. The number of nitrogens with zero attached hydrogens (tertiary/aromatic N) is 2. The van der Waals surface area contributed by atoms with Gasteiger partial charge >= 0.3 is 0 Å². The number of carbonyl (C=O) groups is 3. The van der Waals surface area contributed by atoms with Crippen molar-refractivity contribution >= 4 is 35.0 Å². The first-order chi connectivity index (χ1) is 17.9. The van der Waals surface area contributed by atoms with Gasteiger partial charge in [0.05, 0.1) is 37.8 Å². The fourth-order valence-electron chi connectivity index (χ4n) is 5.82. The number of imide groups is 1. The van der Waals surface area contributed by atoms with Gasteiger partial charge in [-0.15, -0.1) is 0 Å². The smallest absolute Gasteiger partial charge is 0.240 e. The molecule has 3 aliphatic rings. The number of para-hydroxylation sites is 1. The van der Waals surface area contributed by atoms with Gasteiger partial charge in [-0.3, -0.25) is 14.4 Å². The molecule has 0 N–H and O–H groups in total. The van der Waals surface area contributed by atoms with Gasteiger partial charge in [-0.2, -0.15) is 0 Å². The van der Waals surface area contributed by atoms with Crippen LogP contribution in [0.1, 0.15) is 15.9 Å². The second kappa shape index (κ2) is 8.58. The van der Waals surface area contributed by atoms with E-state index < -0.39 is 41.6 Å². The summed E-state index contributed by atoms with van der Waals surface area (Å²) in [7, 11) is 2.99. The molecular formula is C29H23FN2O5. The Balaban J connectivity index is 1.48. The van der Waals surface area contributed by atoms with E-state index in [4.69, 9.17) is 9.47 Å². The van der Waals surface area contributed by atoms with Gasteiger partial charge < -0.3 is 14.4 Å². The Bertz CT molecular complexity index is 1470. The van der Waals surface area contributed by atoms with E-state index in [1.807, 2.05) is 41.3 Å². The molecule has 6 rings (SSSR count). The zero-order valence-corrected chi connectivity index (χ0v) is 20.1. The van der Waals surface area contributed by atoms with Crippen LogP contribution in [0, 0.1) is 17.7 Å². The van der Waals surface area contributed by atoms with Gasteiger partial charge in [-0.05, 0) is 54.1 Å². The van der Waals surface area contributed by atoms with Gasteiger partial charge in [0.2, 0.25) is 11.8 Å². The molecule has 7 nitrogen and oxygen atoms in total. The van der Waals surface area contributed by atoms with Crippen molar-refractivity contribution in [3.05, 3.63) is 89.8 Å². The molecule has 3 aromatic carbocycles. The minimum atomic E-state index is -0.930. The predicted octanol–water partition coefficient (Wildman–Crippen LogP) is 4.12. The molecule has 0 saturated carbocycles. The molecule has 3 aromatic rings. The summed E-state index contributed by atoms with van der Waals surface area (Å²) in [6, 6.07) is 16.3. The van der Waals surface area contributed by atoms with E-state index in [1.54, 1.807) is 18.2 Å². The zero-order chi connectivity index (χ0) is 25.8. The molecule has 0 unspecified atom stereocenters. The number of amides is 2. The van der Waals surface area contributed by atoms with Crippen LogP contribution < -0.4 is 19.3 Å². The second-order valence-corrected chi connectivity index (χ2v) is 9.23. The van der Waals surface area contributed by atoms with E-state index >= 15 is 0 Å². The summed E-state index contributed by atoms with van der Waals surface area (Å²) < 4.78 is 24.3. The Kier molecular flexibility index (Phi) is 5.33.